The zero-order valence-electron chi connectivity index (χ0n) is 7.86. The Balaban J connectivity index is 2.64. The van der Waals surface area contributed by atoms with Crippen LogP contribution in [0.3, 0.4) is 0 Å². The predicted octanol–water partition coefficient (Wildman–Crippen LogP) is -1.19. The van der Waals surface area contributed by atoms with Crippen molar-refractivity contribution in [3.8, 4) is 0 Å². The fourth-order valence-electron chi connectivity index (χ4n) is 0.869. The number of aromatic amines is 1. The van der Waals surface area contributed by atoms with Crippen LogP contribution in [0, 0.1) is 6.92 Å². The van der Waals surface area contributed by atoms with Gasteiger partial charge in [-0.1, -0.05) is 0 Å². The highest BCUT2D eigenvalue weighted by Crippen LogP contribution is 2.03. The third-order valence-corrected chi connectivity index (χ3v) is 1.59. The minimum Gasteiger partial charge on any atom is -0.370 e. The second-order valence-electron chi connectivity index (χ2n) is 2.73. The van der Waals surface area contributed by atoms with Crippen LogP contribution in [0.4, 0.5) is 0 Å². The Morgan fingerprint density at radius 1 is 1.50 bits per heavy atom. The number of hydrogen-bond acceptors (Lipinski definition) is 2. The van der Waals surface area contributed by atoms with E-state index in [-0.39, 0.29) is 11.9 Å². The van der Waals surface area contributed by atoms with Crippen LogP contribution in [0.25, 0.3) is 0 Å². The predicted molar refractivity (Wildman–Crippen MR) is 54.5 cm³/mol. The topological polar surface area (TPSA) is 131 Å². The summed E-state index contributed by atoms with van der Waals surface area (Å²) >= 11 is 0. The van der Waals surface area contributed by atoms with Crippen molar-refractivity contribution in [2.24, 2.45) is 27.2 Å². The monoisotopic (exact) mass is 195 g/mol. The number of hydrogen-bond donors (Lipinski definition) is 4. The Hall–Kier alpha value is -2.05. The van der Waals surface area contributed by atoms with Gasteiger partial charge < -0.3 is 17.2 Å². The van der Waals surface area contributed by atoms with Gasteiger partial charge >= 0.3 is 0 Å². The molecule has 0 aromatic carbocycles. The normalized spacial score (nSPS) is 11.4. The van der Waals surface area contributed by atoms with Crippen molar-refractivity contribution in [2.75, 3.05) is 0 Å². The second kappa shape index (κ2) is 4.26. The number of H-pyrrole nitrogens is 1. The highest BCUT2D eigenvalue weighted by Gasteiger charge is 1.98. The van der Waals surface area contributed by atoms with E-state index in [4.69, 9.17) is 17.2 Å². The molecule has 76 valence electrons. The molecule has 7 nitrogen and oxygen atoms in total. The van der Waals surface area contributed by atoms with Crippen LogP contribution in [0.1, 0.15) is 11.3 Å². The zero-order chi connectivity index (χ0) is 10.6. The van der Waals surface area contributed by atoms with Gasteiger partial charge in [0.15, 0.2) is 5.96 Å². The number of aromatic nitrogens is 2. The Morgan fingerprint density at radius 2 is 2.21 bits per heavy atom. The number of guanidine groups is 2. The molecular formula is C7H13N7. The summed E-state index contributed by atoms with van der Waals surface area (Å²) in [7, 11) is 0. The SMILES string of the molecule is Cc1[nH]ncc1CN=C(N)N=C(N)N. The first-order valence-corrected chi connectivity index (χ1v) is 3.98. The maximum atomic E-state index is 5.41. The molecule has 0 radical (unpaired) electrons. The smallest absolute Gasteiger partial charge is 0.218 e. The summed E-state index contributed by atoms with van der Waals surface area (Å²) in [5.74, 6) is -0.0410. The van der Waals surface area contributed by atoms with Gasteiger partial charge in [0.05, 0.1) is 12.7 Å². The van der Waals surface area contributed by atoms with Gasteiger partial charge in [-0.25, -0.2) is 4.99 Å². The number of nitrogens with one attached hydrogen (secondary N) is 1. The van der Waals surface area contributed by atoms with Gasteiger partial charge in [-0.3, -0.25) is 5.10 Å². The minimum absolute atomic E-state index is 0.0607. The number of nitrogens with zero attached hydrogens (tertiary/aromatic N) is 3. The summed E-state index contributed by atoms with van der Waals surface area (Å²) in [5.41, 5.74) is 17.6. The van der Waals surface area contributed by atoms with Crippen LogP contribution < -0.4 is 17.2 Å². The molecule has 1 rings (SSSR count). The Bertz CT molecular complexity index is 358. The van der Waals surface area contributed by atoms with Crippen LogP contribution in [-0.4, -0.2) is 22.1 Å². The van der Waals surface area contributed by atoms with Crippen LogP contribution in [0.5, 0.6) is 0 Å². The lowest BCUT2D eigenvalue weighted by Crippen LogP contribution is -2.26. The van der Waals surface area contributed by atoms with E-state index in [1.54, 1.807) is 6.20 Å². The van der Waals surface area contributed by atoms with Crippen molar-refractivity contribution in [2.45, 2.75) is 13.5 Å². The lowest BCUT2D eigenvalue weighted by atomic mass is 10.3. The summed E-state index contributed by atoms with van der Waals surface area (Å²) < 4.78 is 0. The largest absolute Gasteiger partial charge is 0.370 e. The van der Waals surface area contributed by atoms with Crippen molar-refractivity contribution < 1.29 is 0 Å². The second-order valence-corrected chi connectivity index (χ2v) is 2.73. The molecule has 0 amide bonds. The first kappa shape index (κ1) is 10.0. The number of aliphatic imine (C=N–C) groups is 2. The number of rotatable bonds is 2. The quantitative estimate of drug-likeness (QED) is 0.349. The molecule has 1 heterocycles. The summed E-state index contributed by atoms with van der Waals surface area (Å²) in [6.45, 7) is 2.31. The lowest BCUT2D eigenvalue weighted by Gasteiger charge is -1.95. The third kappa shape index (κ3) is 2.77. The molecule has 0 atom stereocenters. The van der Waals surface area contributed by atoms with Crippen molar-refractivity contribution >= 4 is 11.9 Å². The maximum Gasteiger partial charge on any atom is 0.218 e. The van der Waals surface area contributed by atoms with E-state index in [0.29, 0.717) is 6.54 Å². The number of nitrogens with two attached hydrogens (primary N) is 3. The average molecular weight is 195 g/mol. The Kier molecular flexibility index (Phi) is 3.05. The molecule has 7 heteroatoms. The Morgan fingerprint density at radius 3 is 2.71 bits per heavy atom. The molecule has 7 N–H and O–H groups in total. The molecule has 0 aliphatic rings. The highest BCUT2D eigenvalue weighted by molar-refractivity contribution is 5.92. The fraction of sp³-hybridized carbons (Fsp3) is 0.286. The minimum atomic E-state index is -0.102. The Labute approximate surface area is 81.1 Å². The summed E-state index contributed by atoms with van der Waals surface area (Å²) in [6.07, 6.45) is 1.68. The van der Waals surface area contributed by atoms with Crippen molar-refractivity contribution in [3.05, 3.63) is 17.5 Å². The van der Waals surface area contributed by atoms with Crippen LogP contribution in [0.15, 0.2) is 16.2 Å². The summed E-state index contributed by atoms with van der Waals surface area (Å²) in [5, 5.41) is 6.63. The molecule has 0 bridgehead atoms. The van der Waals surface area contributed by atoms with Gasteiger partial charge in [-0.15, -0.1) is 0 Å². The molecule has 0 aliphatic carbocycles. The van der Waals surface area contributed by atoms with E-state index >= 15 is 0 Å². The summed E-state index contributed by atoms with van der Waals surface area (Å²) in [4.78, 5) is 7.53. The van der Waals surface area contributed by atoms with Crippen LogP contribution in [-0.2, 0) is 6.54 Å². The maximum absolute atomic E-state index is 5.41. The van der Waals surface area contributed by atoms with Gasteiger partial charge in [0.25, 0.3) is 0 Å². The highest BCUT2D eigenvalue weighted by atomic mass is 15.1. The van der Waals surface area contributed by atoms with Crippen molar-refractivity contribution in [1.82, 2.24) is 10.2 Å². The molecular weight excluding hydrogens is 182 g/mol. The van der Waals surface area contributed by atoms with Crippen LogP contribution in [0.2, 0.25) is 0 Å². The summed E-state index contributed by atoms with van der Waals surface area (Å²) in [6, 6.07) is 0. The zero-order valence-corrected chi connectivity index (χ0v) is 7.86. The molecule has 0 unspecified atom stereocenters. The first-order chi connectivity index (χ1) is 6.59. The average Bonchev–Trinajstić information content (AvgIpc) is 2.46. The first-order valence-electron chi connectivity index (χ1n) is 3.98. The van der Waals surface area contributed by atoms with E-state index in [0.717, 1.165) is 11.3 Å². The molecule has 14 heavy (non-hydrogen) atoms. The molecule has 0 saturated heterocycles. The van der Waals surface area contributed by atoms with Gasteiger partial charge in [0.1, 0.15) is 0 Å². The van der Waals surface area contributed by atoms with E-state index in [9.17, 15) is 0 Å². The van der Waals surface area contributed by atoms with Gasteiger partial charge in [-0.2, -0.15) is 10.1 Å². The molecule has 0 spiro atoms. The number of aryl methyl sites for hydroxylation is 1. The molecule has 1 aromatic heterocycles. The third-order valence-electron chi connectivity index (χ3n) is 1.59. The van der Waals surface area contributed by atoms with E-state index in [2.05, 4.69) is 20.2 Å². The van der Waals surface area contributed by atoms with E-state index < -0.39 is 0 Å². The molecule has 0 fully saturated rings. The van der Waals surface area contributed by atoms with E-state index in [1.165, 1.54) is 0 Å². The lowest BCUT2D eigenvalue weighted by molar-refractivity contribution is 1.02. The van der Waals surface area contributed by atoms with Crippen molar-refractivity contribution in [1.29, 1.82) is 0 Å². The van der Waals surface area contributed by atoms with Gasteiger partial charge in [0, 0.05) is 11.3 Å². The molecule has 0 aliphatic heterocycles. The van der Waals surface area contributed by atoms with Crippen LogP contribution >= 0.6 is 0 Å². The van der Waals surface area contributed by atoms with Crippen molar-refractivity contribution in [3.63, 3.8) is 0 Å². The van der Waals surface area contributed by atoms with Gasteiger partial charge in [0.2, 0.25) is 5.96 Å². The molecule has 1 aromatic rings. The van der Waals surface area contributed by atoms with Gasteiger partial charge in [-0.05, 0) is 6.92 Å². The van der Waals surface area contributed by atoms with E-state index in [1.807, 2.05) is 6.92 Å². The fourth-order valence-corrected chi connectivity index (χ4v) is 0.869. The standard InChI is InChI=1S/C7H13N7/c1-4-5(3-12-14-4)2-11-7(10)13-6(8)9/h3H,2H2,1H3,(H,12,14)(H6,8,9,10,11,13). The molecule has 0 saturated carbocycles.